The van der Waals surface area contributed by atoms with E-state index < -0.39 is 0 Å². The highest BCUT2D eigenvalue weighted by atomic mass is 35.5. The molecule has 0 aromatic heterocycles. The van der Waals surface area contributed by atoms with Crippen LogP contribution in [0, 0.1) is 0 Å². The molecule has 0 radical (unpaired) electrons. The first kappa shape index (κ1) is 22.5. The third-order valence-electron chi connectivity index (χ3n) is 4.95. The van der Waals surface area contributed by atoms with Gasteiger partial charge in [0.1, 0.15) is 0 Å². The van der Waals surface area contributed by atoms with Gasteiger partial charge in [-0.3, -0.25) is 9.59 Å². The number of nitrogens with one attached hydrogen (secondary N) is 1. The molecular formula is C21H22Cl3N3O3. The zero-order valence-corrected chi connectivity index (χ0v) is 18.9. The standard InChI is InChI=1S/C21H22Cl3N3O3/c1-3-19(28)27-8-6-26(7-9-27)18-5-4-14(22)12-17(18)25-21(29)13-10-15(23)20(30-2)16(24)11-13/h4-5,10-12H,3,6-9H2,1-2H3,(H,25,29). The van der Waals surface area contributed by atoms with Gasteiger partial charge in [-0.25, -0.2) is 0 Å². The molecule has 1 heterocycles. The van der Waals surface area contributed by atoms with Gasteiger partial charge in [0.05, 0.1) is 28.5 Å². The fraction of sp³-hybridized carbons (Fsp3) is 0.333. The highest BCUT2D eigenvalue weighted by molar-refractivity contribution is 6.38. The molecule has 6 nitrogen and oxygen atoms in total. The van der Waals surface area contributed by atoms with Crippen molar-refractivity contribution in [1.82, 2.24) is 4.90 Å². The van der Waals surface area contributed by atoms with E-state index >= 15 is 0 Å². The van der Waals surface area contributed by atoms with Crippen molar-refractivity contribution in [2.24, 2.45) is 0 Å². The zero-order chi connectivity index (χ0) is 21.8. The number of carbonyl (C=O) groups excluding carboxylic acids is 2. The van der Waals surface area contributed by atoms with Crippen LogP contribution in [0.5, 0.6) is 5.75 Å². The Hall–Kier alpha value is -2.15. The van der Waals surface area contributed by atoms with Crippen molar-refractivity contribution >= 4 is 58.0 Å². The average molecular weight is 471 g/mol. The van der Waals surface area contributed by atoms with Gasteiger partial charge < -0.3 is 19.9 Å². The van der Waals surface area contributed by atoms with Crippen LogP contribution in [0.1, 0.15) is 23.7 Å². The van der Waals surface area contributed by atoms with Crippen LogP contribution in [0.2, 0.25) is 15.1 Å². The lowest BCUT2D eigenvalue weighted by atomic mass is 10.1. The van der Waals surface area contributed by atoms with Gasteiger partial charge in [0.25, 0.3) is 5.91 Å². The molecule has 0 aliphatic carbocycles. The number of anilines is 2. The third kappa shape index (κ3) is 4.94. The van der Waals surface area contributed by atoms with E-state index in [0.717, 1.165) is 5.69 Å². The Morgan fingerprint density at radius 2 is 1.67 bits per heavy atom. The molecule has 2 amide bonds. The minimum atomic E-state index is -0.371. The van der Waals surface area contributed by atoms with Crippen LogP contribution < -0.4 is 15.0 Å². The zero-order valence-electron chi connectivity index (χ0n) is 16.7. The minimum absolute atomic E-state index is 0.146. The van der Waals surface area contributed by atoms with Crippen molar-refractivity contribution in [3.63, 3.8) is 0 Å². The number of carbonyl (C=O) groups is 2. The van der Waals surface area contributed by atoms with Crippen molar-refractivity contribution < 1.29 is 14.3 Å². The molecular weight excluding hydrogens is 449 g/mol. The molecule has 1 aliphatic heterocycles. The first-order chi connectivity index (χ1) is 14.3. The minimum Gasteiger partial charge on any atom is -0.494 e. The number of amides is 2. The number of benzene rings is 2. The van der Waals surface area contributed by atoms with Gasteiger partial charge in [0, 0.05) is 43.2 Å². The van der Waals surface area contributed by atoms with Gasteiger partial charge in [-0.05, 0) is 30.3 Å². The summed E-state index contributed by atoms with van der Waals surface area (Å²) in [5.41, 5.74) is 1.71. The summed E-state index contributed by atoms with van der Waals surface area (Å²) in [4.78, 5) is 28.8. The van der Waals surface area contributed by atoms with Gasteiger partial charge in [-0.15, -0.1) is 0 Å². The van der Waals surface area contributed by atoms with Gasteiger partial charge in [-0.2, -0.15) is 0 Å². The number of methoxy groups -OCH3 is 1. The van der Waals surface area contributed by atoms with Crippen molar-refractivity contribution in [2.45, 2.75) is 13.3 Å². The molecule has 0 atom stereocenters. The summed E-state index contributed by atoms with van der Waals surface area (Å²) >= 11 is 18.5. The smallest absolute Gasteiger partial charge is 0.255 e. The monoisotopic (exact) mass is 469 g/mol. The van der Waals surface area contributed by atoms with Crippen molar-refractivity contribution in [2.75, 3.05) is 43.5 Å². The summed E-state index contributed by atoms with van der Waals surface area (Å²) in [5.74, 6) is 0.0927. The number of nitrogens with zero attached hydrogens (tertiary/aromatic N) is 2. The second kappa shape index (κ2) is 9.77. The van der Waals surface area contributed by atoms with Crippen LogP contribution in [0.15, 0.2) is 30.3 Å². The molecule has 1 N–H and O–H groups in total. The number of hydrogen-bond donors (Lipinski definition) is 1. The molecule has 30 heavy (non-hydrogen) atoms. The van der Waals surface area contributed by atoms with Crippen LogP contribution in [0.3, 0.4) is 0 Å². The Bertz CT molecular complexity index is 937. The second-order valence-electron chi connectivity index (χ2n) is 6.81. The lowest BCUT2D eigenvalue weighted by molar-refractivity contribution is -0.131. The van der Waals surface area contributed by atoms with Crippen molar-refractivity contribution in [3.8, 4) is 5.75 Å². The quantitative estimate of drug-likeness (QED) is 0.670. The van der Waals surface area contributed by atoms with Crippen LogP contribution in [-0.4, -0.2) is 50.0 Å². The fourth-order valence-corrected chi connectivity index (χ4v) is 4.20. The normalized spacial score (nSPS) is 13.9. The summed E-state index contributed by atoms with van der Waals surface area (Å²) < 4.78 is 5.13. The molecule has 160 valence electrons. The van der Waals surface area contributed by atoms with Crippen LogP contribution >= 0.6 is 34.8 Å². The maximum absolute atomic E-state index is 12.9. The Morgan fingerprint density at radius 3 is 2.23 bits per heavy atom. The Morgan fingerprint density at radius 1 is 1.03 bits per heavy atom. The topological polar surface area (TPSA) is 61.9 Å². The summed E-state index contributed by atoms with van der Waals surface area (Å²) in [6, 6.07) is 8.34. The number of rotatable bonds is 5. The van der Waals surface area contributed by atoms with Crippen molar-refractivity contribution in [1.29, 1.82) is 0 Å². The Labute approximate surface area is 190 Å². The molecule has 0 spiro atoms. The summed E-state index contributed by atoms with van der Waals surface area (Å²) in [7, 11) is 1.46. The lowest BCUT2D eigenvalue weighted by Crippen LogP contribution is -2.48. The maximum Gasteiger partial charge on any atom is 0.255 e. The lowest BCUT2D eigenvalue weighted by Gasteiger charge is -2.37. The molecule has 1 saturated heterocycles. The molecule has 9 heteroatoms. The molecule has 2 aromatic rings. The Balaban J connectivity index is 1.81. The fourth-order valence-electron chi connectivity index (χ4n) is 3.38. The predicted octanol–water partition coefficient (Wildman–Crippen LogP) is 4.97. The summed E-state index contributed by atoms with van der Waals surface area (Å²) in [6.45, 7) is 4.45. The van der Waals surface area contributed by atoms with Gasteiger partial charge in [0.15, 0.2) is 5.75 Å². The van der Waals surface area contributed by atoms with E-state index in [4.69, 9.17) is 39.5 Å². The summed E-state index contributed by atoms with van der Waals surface area (Å²) in [6.07, 6.45) is 0.495. The van der Waals surface area contributed by atoms with Gasteiger partial charge >= 0.3 is 0 Å². The number of halogens is 3. The Kier molecular flexibility index (Phi) is 7.34. The number of hydrogen-bond acceptors (Lipinski definition) is 4. The van der Waals surface area contributed by atoms with E-state index in [9.17, 15) is 9.59 Å². The van der Waals surface area contributed by atoms with Crippen molar-refractivity contribution in [3.05, 3.63) is 51.0 Å². The molecule has 1 aliphatic rings. The molecule has 0 saturated carbocycles. The third-order valence-corrected chi connectivity index (χ3v) is 5.74. The van der Waals surface area contributed by atoms with Crippen LogP contribution in [0.4, 0.5) is 11.4 Å². The second-order valence-corrected chi connectivity index (χ2v) is 8.06. The van der Waals surface area contributed by atoms with E-state index in [2.05, 4.69) is 10.2 Å². The molecule has 2 aromatic carbocycles. The first-order valence-corrected chi connectivity index (χ1v) is 10.6. The molecule has 0 unspecified atom stereocenters. The van der Waals surface area contributed by atoms with E-state index in [1.165, 1.54) is 19.2 Å². The predicted molar refractivity (Wildman–Crippen MR) is 122 cm³/mol. The van der Waals surface area contributed by atoms with Crippen LogP contribution in [0.25, 0.3) is 0 Å². The van der Waals surface area contributed by atoms with Gasteiger partial charge in [0.2, 0.25) is 5.91 Å². The number of ether oxygens (including phenoxy) is 1. The van der Waals surface area contributed by atoms with E-state index in [1.54, 1.807) is 12.1 Å². The highest BCUT2D eigenvalue weighted by Crippen LogP contribution is 2.35. The van der Waals surface area contributed by atoms with E-state index in [1.807, 2.05) is 17.9 Å². The summed E-state index contributed by atoms with van der Waals surface area (Å²) in [5, 5.41) is 3.89. The van der Waals surface area contributed by atoms with Crippen LogP contribution in [-0.2, 0) is 4.79 Å². The first-order valence-electron chi connectivity index (χ1n) is 9.50. The largest absolute Gasteiger partial charge is 0.494 e. The van der Waals surface area contributed by atoms with E-state index in [0.29, 0.717) is 54.6 Å². The molecule has 0 bridgehead atoms. The molecule has 1 fully saturated rings. The maximum atomic E-state index is 12.9. The number of piperazine rings is 1. The average Bonchev–Trinajstić information content (AvgIpc) is 2.73. The van der Waals surface area contributed by atoms with Gasteiger partial charge in [-0.1, -0.05) is 41.7 Å². The van der Waals surface area contributed by atoms with E-state index in [-0.39, 0.29) is 21.9 Å². The highest BCUT2D eigenvalue weighted by Gasteiger charge is 2.23. The molecule has 3 rings (SSSR count). The SMILES string of the molecule is CCC(=O)N1CCN(c2ccc(Cl)cc2NC(=O)c2cc(Cl)c(OC)c(Cl)c2)CC1.